The van der Waals surface area contributed by atoms with Crippen molar-refractivity contribution in [2.45, 2.75) is 0 Å². The highest BCUT2D eigenvalue weighted by Crippen LogP contribution is 2.14. The molecule has 0 unspecified atom stereocenters. The van der Waals surface area contributed by atoms with Crippen LogP contribution in [0.5, 0.6) is 0 Å². The van der Waals surface area contributed by atoms with E-state index in [2.05, 4.69) is 5.10 Å². The number of carboxylic acids is 1. The summed E-state index contributed by atoms with van der Waals surface area (Å²) in [5.41, 5.74) is -1.09. The molecule has 0 bridgehead atoms. The third-order valence-corrected chi connectivity index (χ3v) is 1.31. The second kappa shape index (κ2) is 2.61. The molecule has 0 saturated carbocycles. The number of rotatable bonds is 2. The van der Waals surface area contributed by atoms with Crippen molar-refractivity contribution >= 4 is 11.7 Å². The van der Waals surface area contributed by atoms with E-state index in [9.17, 15) is 20.0 Å². The fourth-order valence-corrected chi connectivity index (χ4v) is 0.796. The van der Waals surface area contributed by atoms with E-state index in [-0.39, 0.29) is 0 Å². The van der Waals surface area contributed by atoms with Gasteiger partial charge in [0.1, 0.15) is 6.20 Å². The van der Waals surface area contributed by atoms with Crippen molar-refractivity contribution < 1.29 is 14.8 Å². The number of nitrogens with zero attached hydrogens (tertiary/aromatic N) is 3. The molecule has 0 N–H and O–H groups in total. The number of nitro groups is 1. The van der Waals surface area contributed by atoms with Gasteiger partial charge in [-0.15, -0.1) is 0 Å². The average molecular weight is 170 g/mol. The third-order valence-electron chi connectivity index (χ3n) is 1.31. The molecule has 0 radical (unpaired) electrons. The van der Waals surface area contributed by atoms with E-state index in [0.717, 1.165) is 10.9 Å². The summed E-state index contributed by atoms with van der Waals surface area (Å²) in [7, 11) is 1.29. The molecule has 12 heavy (non-hydrogen) atoms. The van der Waals surface area contributed by atoms with Crippen LogP contribution in [0.2, 0.25) is 0 Å². The highest BCUT2D eigenvalue weighted by molar-refractivity contribution is 5.88. The predicted molar refractivity (Wildman–Crippen MR) is 34.2 cm³/mol. The minimum atomic E-state index is -1.61. The first kappa shape index (κ1) is 8.18. The van der Waals surface area contributed by atoms with E-state index in [1.54, 1.807) is 0 Å². The largest absolute Gasteiger partial charge is 0.543 e. The van der Waals surface area contributed by atoms with Crippen molar-refractivity contribution in [1.29, 1.82) is 0 Å². The lowest BCUT2D eigenvalue weighted by molar-refractivity contribution is -0.386. The van der Waals surface area contributed by atoms with Crippen molar-refractivity contribution in [1.82, 2.24) is 9.78 Å². The molecule has 0 spiro atoms. The van der Waals surface area contributed by atoms with E-state index >= 15 is 0 Å². The summed E-state index contributed by atoms with van der Waals surface area (Å²) in [5.74, 6) is -1.61. The minimum Gasteiger partial charge on any atom is -0.543 e. The summed E-state index contributed by atoms with van der Waals surface area (Å²) in [6, 6.07) is 0. The van der Waals surface area contributed by atoms with Gasteiger partial charge in [0, 0.05) is 7.05 Å². The molecular weight excluding hydrogens is 166 g/mol. The summed E-state index contributed by atoms with van der Waals surface area (Å²) >= 11 is 0. The number of aromatic carboxylic acids is 1. The Balaban J connectivity index is 3.31. The number of carbonyl (C=O) groups excluding carboxylic acids is 1. The maximum Gasteiger partial charge on any atom is 0.316 e. The quantitative estimate of drug-likeness (QED) is 0.405. The monoisotopic (exact) mass is 170 g/mol. The maximum absolute atomic E-state index is 10.3. The molecule has 0 atom stereocenters. The molecule has 0 fully saturated rings. The van der Waals surface area contributed by atoms with Crippen molar-refractivity contribution in [3.63, 3.8) is 0 Å². The molecule has 1 rings (SSSR count). The molecule has 0 aromatic carbocycles. The second-order valence-corrected chi connectivity index (χ2v) is 2.05. The smallest absolute Gasteiger partial charge is 0.316 e. The summed E-state index contributed by atoms with van der Waals surface area (Å²) in [6.45, 7) is 0. The fourth-order valence-electron chi connectivity index (χ4n) is 0.796. The van der Waals surface area contributed by atoms with Gasteiger partial charge >= 0.3 is 5.69 Å². The molecule has 7 nitrogen and oxygen atoms in total. The highest BCUT2D eigenvalue weighted by Gasteiger charge is 2.19. The third kappa shape index (κ3) is 1.11. The second-order valence-electron chi connectivity index (χ2n) is 2.05. The molecule has 1 aromatic rings. The average Bonchev–Trinajstić information content (AvgIpc) is 2.30. The zero-order valence-corrected chi connectivity index (χ0v) is 6.05. The van der Waals surface area contributed by atoms with E-state index in [0.29, 0.717) is 0 Å². The molecule has 1 aromatic heterocycles. The predicted octanol–water partition coefficient (Wildman–Crippen LogP) is -1.31. The Morgan fingerprint density at radius 2 is 2.33 bits per heavy atom. The molecule has 1 heterocycles. The Kier molecular flexibility index (Phi) is 1.78. The van der Waals surface area contributed by atoms with Crippen LogP contribution in [-0.2, 0) is 7.05 Å². The fraction of sp³-hybridized carbons (Fsp3) is 0.200. The van der Waals surface area contributed by atoms with E-state index in [1.165, 1.54) is 7.05 Å². The number of carbonyl (C=O) groups is 1. The normalized spacial score (nSPS) is 9.75. The van der Waals surface area contributed by atoms with Crippen molar-refractivity contribution in [3.05, 3.63) is 22.0 Å². The summed E-state index contributed by atoms with van der Waals surface area (Å²) < 4.78 is 0.882. The molecule has 0 amide bonds. The summed E-state index contributed by atoms with van der Waals surface area (Å²) in [6.07, 6.45) is 0.866. The maximum atomic E-state index is 10.3. The molecule has 0 aliphatic heterocycles. The van der Waals surface area contributed by atoms with Crippen molar-refractivity contribution in [2.75, 3.05) is 0 Å². The van der Waals surface area contributed by atoms with Gasteiger partial charge in [-0.2, -0.15) is 5.10 Å². The number of aryl methyl sites for hydroxylation is 1. The Hall–Kier alpha value is -1.92. The van der Waals surface area contributed by atoms with Crippen LogP contribution >= 0.6 is 0 Å². The number of hydrogen-bond donors (Lipinski definition) is 0. The Labute approximate surface area is 66.4 Å². The molecule has 64 valence electrons. The topological polar surface area (TPSA) is 101 Å². The van der Waals surface area contributed by atoms with Gasteiger partial charge in [-0.25, -0.2) is 0 Å². The Morgan fingerprint density at radius 1 is 1.75 bits per heavy atom. The van der Waals surface area contributed by atoms with Crippen molar-refractivity contribution in [2.24, 2.45) is 7.05 Å². The van der Waals surface area contributed by atoms with E-state index in [1.807, 2.05) is 0 Å². The lowest BCUT2D eigenvalue weighted by atomic mass is 10.4. The van der Waals surface area contributed by atoms with Crippen LogP contribution in [-0.4, -0.2) is 20.7 Å². The van der Waals surface area contributed by atoms with Gasteiger partial charge < -0.3 is 9.90 Å². The van der Waals surface area contributed by atoms with Gasteiger partial charge in [0.2, 0.25) is 0 Å². The van der Waals surface area contributed by atoms with Crippen molar-refractivity contribution in [3.8, 4) is 0 Å². The molecule has 7 heteroatoms. The zero-order valence-electron chi connectivity index (χ0n) is 6.05. The van der Waals surface area contributed by atoms with Gasteiger partial charge in [0.15, 0.2) is 5.69 Å². The standard InChI is InChI=1S/C5H5N3O4/c1-7-4(5(9)10)3(2-6-7)8(11)12/h2H,1H3,(H,9,10)/p-1. The molecule has 0 aliphatic carbocycles. The number of aromatic nitrogens is 2. The lowest BCUT2D eigenvalue weighted by Gasteiger charge is -2.00. The van der Waals surface area contributed by atoms with E-state index < -0.39 is 22.3 Å². The molecule has 0 aliphatic rings. The molecule has 0 saturated heterocycles. The van der Waals surface area contributed by atoms with Crippen LogP contribution in [0.25, 0.3) is 0 Å². The van der Waals surface area contributed by atoms with E-state index in [4.69, 9.17) is 0 Å². The Morgan fingerprint density at radius 3 is 2.67 bits per heavy atom. The van der Waals surface area contributed by atoms with Gasteiger partial charge in [-0.1, -0.05) is 0 Å². The summed E-state index contributed by atoms with van der Waals surface area (Å²) in [4.78, 5) is 19.7. The first-order valence-corrected chi connectivity index (χ1v) is 2.91. The zero-order chi connectivity index (χ0) is 9.30. The van der Waals surface area contributed by atoms with Crippen LogP contribution in [0.15, 0.2) is 6.20 Å². The minimum absolute atomic E-state index is 0.528. The van der Waals surface area contributed by atoms with Gasteiger partial charge in [-0.05, 0) is 0 Å². The summed E-state index contributed by atoms with van der Waals surface area (Å²) in [5, 5.41) is 23.9. The van der Waals surface area contributed by atoms with Gasteiger partial charge in [0.05, 0.1) is 10.9 Å². The lowest BCUT2D eigenvalue weighted by Crippen LogP contribution is -2.26. The SMILES string of the molecule is Cn1ncc([N+](=O)[O-])c1C(=O)[O-]. The van der Waals surface area contributed by atoms with Crippen LogP contribution in [0.1, 0.15) is 10.5 Å². The van der Waals surface area contributed by atoms with Gasteiger partial charge in [-0.3, -0.25) is 14.8 Å². The number of hydrogen-bond acceptors (Lipinski definition) is 5. The van der Waals surface area contributed by atoms with Crippen LogP contribution in [0.3, 0.4) is 0 Å². The number of carboxylic acid groups (broad SMARTS) is 1. The molecular formula is C5H4N3O4-. The first-order valence-electron chi connectivity index (χ1n) is 2.91. The van der Waals surface area contributed by atoms with Crippen LogP contribution in [0, 0.1) is 10.1 Å². The Bertz CT molecular complexity index is 342. The van der Waals surface area contributed by atoms with Crippen LogP contribution in [0.4, 0.5) is 5.69 Å². The highest BCUT2D eigenvalue weighted by atomic mass is 16.6. The first-order chi connectivity index (χ1) is 5.54. The van der Waals surface area contributed by atoms with Gasteiger partial charge in [0.25, 0.3) is 0 Å². The van der Waals surface area contributed by atoms with Crippen LogP contribution < -0.4 is 5.11 Å².